The van der Waals surface area contributed by atoms with Crippen molar-refractivity contribution in [3.8, 4) is 0 Å². The summed E-state index contributed by atoms with van der Waals surface area (Å²) in [5, 5.41) is 3.40. The zero-order valence-electron chi connectivity index (χ0n) is 10.8. The lowest BCUT2D eigenvalue weighted by atomic mass is 10.2. The Morgan fingerprint density at radius 3 is 2.94 bits per heavy atom. The molecule has 18 heavy (non-hydrogen) atoms. The molecular weight excluding hydrogens is 228 g/mol. The molecule has 2 rings (SSSR count). The summed E-state index contributed by atoms with van der Waals surface area (Å²) < 4.78 is 4.74. The number of para-hydroxylation sites is 1. The van der Waals surface area contributed by atoms with E-state index in [0.29, 0.717) is 6.42 Å². The van der Waals surface area contributed by atoms with Crippen LogP contribution in [0.5, 0.6) is 0 Å². The van der Waals surface area contributed by atoms with Gasteiger partial charge in [0.1, 0.15) is 0 Å². The lowest BCUT2D eigenvalue weighted by Crippen LogP contribution is -2.39. The minimum atomic E-state index is -0.151. The molecule has 0 saturated carbocycles. The molecule has 1 atom stereocenters. The molecule has 98 valence electrons. The first-order valence-corrected chi connectivity index (χ1v) is 6.40. The highest BCUT2D eigenvalue weighted by molar-refractivity contribution is 5.70. The van der Waals surface area contributed by atoms with Gasteiger partial charge in [-0.05, 0) is 25.1 Å². The zero-order valence-corrected chi connectivity index (χ0v) is 10.8. The van der Waals surface area contributed by atoms with Gasteiger partial charge < -0.3 is 15.0 Å². The number of ether oxygens (including phenoxy) is 1. The molecule has 0 radical (unpaired) electrons. The third-order valence-corrected chi connectivity index (χ3v) is 3.24. The summed E-state index contributed by atoms with van der Waals surface area (Å²) in [6, 6.07) is 10.5. The van der Waals surface area contributed by atoms with Crippen LogP contribution in [0, 0.1) is 0 Å². The van der Waals surface area contributed by atoms with E-state index in [1.54, 1.807) is 0 Å². The monoisotopic (exact) mass is 248 g/mol. The number of rotatable bonds is 3. The maximum Gasteiger partial charge on any atom is 0.307 e. The number of carbonyl (C=O) groups excluding carboxylic acids is 1. The molecule has 0 spiro atoms. The molecule has 1 aliphatic heterocycles. The van der Waals surface area contributed by atoms with E-state index in [-0.39, 0.29) is 12.0 Å². The molecule has 1 heterocycles. The second-order valence-corrected chi connectivity index (χ2v) is 4.57. The van der Waals surface area contributed by atoms with Gasteiger partial charge in [0.2, 0.25) is 0 Å². The topological polar surface area (TPSA) is 41.6 Å². The largest absolute Gasteiger partial charge is 0.469 e. The Labute approximate surface area is 108 Å². The van der Waals surface area contributed by atoms with E-state index >= 15 is 0 Å². The van der Waals surface area contributed by atoms with Gasteiger partial charge in [0, 0.05) is 24.8 Å². The molecule has 0 aliphatic carbocycles. The van der Waals surface area contributed by atoms with Gasteiger partial charge in [-0.2, -0.15) is 0 Å². The van der Waals surface area contributed by atoms with Crippen molar-refractivity contribution < 1.29 is 9.53 Å². The van der Waals surface area contributed by atoms with Crippen molar-refractivity contribution in [3.63, 3.8) is 0 Å². The van der Waals surface area contributed by atoms with Crippen LogP contribution in [0.1, 0.15) is 12.8 Å². The Balaban J connectivity index is 2.01. The first-order chi connectivity index (χ1) is 8.79. The molecule has 1 fully saturated rings. The van der Waals surface area contributed by atoms with Crippen molar-refractivity contribution in [2.45, 2.75) is 18.9 Å². The zero-order chi connectivity index (χ0) is 12.8. The molecule has 1 aromatic carbocycles. The van der Waals surface area contributed by atoms with Gasteiger partial charge in [-0.1, -0.05) is 18.2 Å². The van der Waals surface area contributed by atoms with E-state index < -0.39 is 0 Å². The summed E-state index contributed by atoms with van der Waals surface area (Å²) in [5.74, 6) is -0.151. The Bertz CT molecular complexity index is 381. The van der Waals surface area contributed by atoms with Crippen LogP contribution in [0.3, 0.4) is 0 Å². The molecule has 4 heteroatoms. The minimum Gasteiger partial charge on any atom is -0.469 e. The highest BCUT2D eigenvalue weighted by atomic mass is 16.5. The lowest BCUT2D eigenvalue weighted by Gasteiger charge is -2.26. The van der Waals surface area contributed by atoms with E-state index in [1.165, 1.54) is 12.8 Å². The molecular formula is C14H20N2O2. The number of hydrogen-bond donors (Lipinski definition) is 1. The van der Waals surface area contributed by atoms with Crippen LogP contribution in [0.15, 0.2) is 30.3 Å². The lowest BCUT2D eigenvalue weighted by molar-refractivity contribution is -0.141. The fourth-order valence-corrected chi connectivity index (χ4v) is 2.29. The summed E-state index contributed by atoms with van der Waals surface area (Å²) in [6.45, 7) is 2.82. The van der Waals surface area contributed by atoms with E-state index in [0.717, 1.165) is 26.1 Å². The first kappa shape index (κ1) is 12.9. The number of anilines is 1. The number of nitrogens with one attached hydrogen (secondary N) is 1. The molecule has 0 amide bonds. The number of nitrogens with zero attached hydrogens (tertiary/aromatic N) is 1. The standard InChI is InChI=1S/C14H20N2O2/c1-18-14(17)10-12-11-16(9-5-8-15-12)13-6-3-2-4-7-13/h2-4,6-7,12,15H,5,8-11H2,1H3. The van der Waals surface area contributed by atoms with Crippen molar-refractivity contribution in [2.24, 2.45) is 0 Å². The maximum atomic E-state index is 11.4. The van der Waals surface area contributed by atoms with Crippen LogP contribution in [0.25, 0.3) is 0 Å². The van der Waals surface area contributed by atoms with Crippen molar-refractivity contribution in [1.82, 2.24) is 5.32 Å². The average Bonchev–Trinajstić information content (AvgIpc) is 2.65. The van der Waals surface area contributed by atoms with Gasteiger partial charge >= 0.3 is 5.97 Å². The van der Waals surface area contributed by atoms with Crippen LogP contribution in [0.4, 0.5) is 5.69 Å². The highest BCUT2D eigenvalue weighted by Gasteiger charge is 2.20. The van der Waals surface area contributed by atoms with E-state index in [4.69, 9.17) is 4.74 Å². The molecule has 1 saturated heterocycles. The Morgan fingerprint density at radius 1 is 1.44 bits per heavy atom. The Hall–Kier alpha value is -1.55. The summed E-state index contributed by atoms with van der Waals surface area (Å²) >= 11 is 0. The van der Waals surface area contributed by atoms with Gasteiger partial charge in [0.25, 0.3) is 0 Å². The van der Waals surface area contributed by atoms with Crippen molar-refractivity contribution in [3.05, 3.63) is 30.3 Å². The minimum absolute atomic E-state index is 0.151. The summed E-state index contributed by atoms with van der Waals surface area (Å²) in [6.07, 6.45) is 1.52. The molecule has 1 N–H and O–H groups in total. The smallest absolute Gasteiger partial charge is 0.307 e. The van der Waals surface area contributed by atoms with E-state index in [2.05, 4.69) is 22.3 Å². The third-order valence-electron chi connectivity index (χ3n) is 3.24. The highest BCUT2D eigenvalue weighted by Crippen LogP contribution is 2.16. The number of hydrogen-bond acceptors (Lipinski definition) is 4. The summed E-state index contributed by atoms with van der Waals surface area (Å²) in [5.41, 5.74) is 1.22. The molecule has 1 unspecified atom stereocenters. The van der Waals surface area contributed by atoms with E-state index in [9.17, 15) is 4.79 Å². The fourth-order valence-electron chi connectivity index (χ4n) is 2.29. The number of carbonyl (C=O) groups is 1. The number of esters is 1. The second-order valence-electron chi connectivity index (χ2n) is 4.57. The molecule has 1 aliphatic rings. The molecule has 0 bridgehead atoms. The average molecular weight is 248 g/mol. The molecule has 1 aromatic rings. The Kier molecular flexibility index (Phi) is 4.59. The third kappa shape index (κ3) is 3.47. The predicted molar refractivity (Wildman–Crippen MR) is 71.7 cm³/mol. The van der Waals surface area contributed by atoms with Gasteiger partial charge in [0.05, 0.1) is 13.5 Å². The quantitative estimate of drug-likeness (QED) is 0.821. The maximum absolute atomic E-state index is 11.4. The molecule has 0 aromatic heterocycles. The summed E-state index contributed by atoms with van der Waals surface area (Å²) in [7, 11) is 1.44. The first-order valence-electron chi connectivity index (χ1n) is 6.40. The molecule has 4 nitrogen and oxygen atoms in total. The van der Waals surface area contributed by atoms with Crippen LogP contribution in [-0.2, 0) is 9.53 Å². The SMILES string of the molecule is COC(=O)CC1CN(c2ccccc2)CCCN1. The van der Waals surface area contributed by atoms with Crippen molar-refractivity contribution in [1.29, 1.82) is 0 Å². The number of methoxy groups -OCH3 is 1. The van der Waals surface area contributed by atoms with Crippen LogP contribution < -0.4 is 10.2 Å². The van der Waals surface area contributed by atoms with Crippen LogP contribution >= 0.6 is 0 Å². The fraction of sp³-hybridized carbons (Fsp3) is 0.500. The predicted octanol–water partition coefficient (Wildman–Crippen LogP) is 1.42. The van der Waals surface area contributed by atoms with Crippen molar-refractivity contribution >= 4 is 11.7 Å². The van der Waals surface area contributed by atoms with Crippen molar-refractivity contribution in [2.75, 3.05) is 31.6 Å². The number of benzene rings is 1. The van der Waals surface area contributed by atoms with Crippen LogP contribution in [-0.4, -0.2) is 38.8 Å². The second kappa shape index (κ2) is 6.40. The normalized spacial score (nSPS) is 20.3. The van der Waals surface area contributed by atoms with Gasteiger partial charge in [-0.15, -0.1) is 0 Å². The van der Waals surface area contributed by atoms with Crippen LogP contribution in [0.2, 0.25) is 0 Å². The van der Waals surface area contributed by atoms with Gasteiger partial charge in [-0.25, -0.2) is 0 Å². The van der Waals surface area contributed by atoms with Gasteiger partial charge in [0.15, 0.2) is 0 Å². The van der Waals surface area contributed by atoms with E-state index in [1.807, 2.05) is 18.2 Å². The van der Waals surface area contributed by atoms with Gasteiger partial charge in [-0.3, -0.25) is 4.79 Å². The Morgan fingerprint density at radius 2 is 2.22 bits per heavy atom. The summed E-state index contributed by atoms with van der Waals surface area (Å²) in [4.78, 5) is 13.7.